The Labute approximate surface area is 677 Å². The molecule has 0 unspecified atom stereocenters. The van der Waals surface area contributed by atoms with Crippen molar-refractivity contribution < 1.29 is 119 Å². The van der Waals surface area contributed by atoms with Gasteiger partial charge in [0.25, 0.3) is 11.8 Å². The Morgan fingerprint density at radius 2 is 1.10 bits per heavy atom. The smallest absolute Gasteiger partial charge is 0.415 e. The van der Waals surface area contributed by atoms with Crippen molar-refractivity contribution in [3.63, 3.8) is 0 Å². The zero-order chi connectivity index (χ0) is 85.2. The fraction of sp³-hybridized carbons (Fsp3) is 0.593. The molecule has 0 saturated heterocycles. The van der Waals surface area contributed by atoms with Gasteiger partial charge in [-0.15, -0.1) is 0 Å². The maximum Gasteiger partial charge on any atom is 0.415 e. The number of primary amides is 1. The lowest BCUT2D eigenvalue weighted by molar-refractivity contribution is -0.137. The van der Waals surface area contributed by atoms with E-state index >= 15 is 0 Å². The number of hydrogen-bond donors (Lipinski definition) is 7. The average Bonchev–Trinajstić information content (AvgIpc) is 1.02. The lowest BCUT2D eigenvalue weighted by atomic mass is 9.83. The number of carbonyl (C=O) groups is 15. The maximum absolute atomic E-state index is 14.4. The van der Waals surface area contributed by atoms with Crippen molar-refractivity contribution in [3.05, 3.63) is 84.2 Å². The van der Waals surface area contributed by atoms with E-state index in [2.05, 4.69) is 38.5 Å². The van der Waals surface area contributed by atoms with E-state index in [-0.39, 0.29) is 249 Å². The molecule has 0 fully saturated rings. The van der Waals surface area contributed by atoms with Gasteiger partial charge in [-0.2, -0.15) is 0 Å². The summed E-state index contributed by atoms with van der Waals surface area (Å²) in [7, 11) is 7.54. The van der Waals surface area contributed by atoms with E-state index in [1.807, 2.05) is 6.08 Å². The third kappa shape index (κ3) is 40.4. The van der Waals surface area contributed by atoms with Crippen molar-refractivity contribution in [2.75, 3.05) is 146 Å². The number of likely N-dealkylation sites (N-methyl/N-ethyl adjacent to an activating group) is 2. The van der Waals surface area contributed by atoms with Crippen LogP contribution in [0.3, 0.4) is 0 Å². The maximum atomic E-state index is 14.4. The first-order valence-electron chi connectivity index (χ1n) is 39.0. The molecule has 4 rings (SSSR count). The molecule has 2 heterocycles. The predicted octanol–water partition coefficient (Wildman–Crippen LogP) is 4.68. The van der Waals surface area contributed by atoms with Gasteiger partial charge in [0.2, 0.25) is 41.4 Å². The van der Waals surface area contributed by atoms with Crippen molar-refractivity contribution in [2.45, 2.75) is 161 Å². The average molecular weight is 1630 g/mol. The van der Waals surface area contributed by atoms with Crippen LogP contribution in [0.2, 0.25) is 0 Å². The second-order valence-electron chi connectivity index (χ2n) is 28.5. The lowest BCUT2D eigenvalue weighted by Crippen LogP contribution is -2.54. The number of nitrogens with one attached hydrogen (secondary N) is 6. The number of ketones is 4. The van der Waals surface area contributed by atoms with Crippen LogP contribution in [0.25, 0.3) is 6.08 Å². The highest BCUT2D eigenvalue weighted by Crippen LogP contribution is 2.32. The lowest BCUT2D eigenvalue weighted by Gasteiger charge is -2.33. The third-order valence-corrected chi connectivity index (χ3v) is 18.2. The standard InChI is InChI=1S/C81H118N10O25/c1-56(2)76(78(104)87-66(17-9-10-19-69(82)96)77(103)85-60-25-21-58(22-26-60)52-114-79(105)89(4)40-41-90(5)80(106)116-64-27-24-59-23-20-57(3)115-68(59)50-64)88-72(99)29-28-65(86-73(100)36-45-110-43-13-16-61(92)32-39-91-74(101)30-31-75(91)102)67(95)18-11-14-63(94)51-81(53-111-44-33-62(93)15-12-42-107-6,54-112-46-34-70(97)83-37-48-108-7)55-113-47-35-71(98)84-38-49-109-8/h20-27,30-31,50,56,65-66,76H,3,9-19,28-29,32-49,51-55H2,1-2,4-8H3,(H2,82,96)(H,83,97)(H,84,98)(H,85,103)(H,86,100)(H,87,104)(H,88,99)/t65-,66-,76-/m0/s1. The van der Waals surface area contributed by atoms with Crippen molar-refractivity contribution in [2.24, 2.45) is 17.1 Å². The van der Waals surface area contributed by atoms with Crippen LogP contribution in [0, 0.1) is 11.3 Å². The zero-order valence-corrected chi connectivity index (χ0v) is 67.9. The first kappa shape index (κ1) is 98.2. The Hall–Kier alpha value is -10.2. The molecule has 2 aromatic rings. The molecule has 11 amide bonds. The molecule has 2 aliphatic heterocycles. The predicted molar refractivity (Wildman–Crippen MR) is 423 cm³/mol. The fourth-order valence-electron chi connectivity index (χ4n) is 11.6. The molecule has 116 heavy (non-hydrogen) atoms. The van der Waals surface area contributed by atoms with Crippen LogP contribution in [0.15, 0.2) is 73.0 Å². The van der Waals surface area contributed by atoms with E-state index in [1.165, 1.54) is 45.2 Å². The fourth-order valence-corrected chi connectivity index (χ4v) is 11.6. The number of nitrogens with two attached hydrogens (primary N) is 1. The van der Waals surface area contributed by atoms with Crippen LogP contribution < -0.4 is 47.1 Å². The summed E-state index contributed by atoms with van der Waals surface area (Å²) in [5, 5.41) is 16.4. The Bertz CT molecular complexity index is 3550. The molecule has 8 N–H and O–H groups in total. The number of ether oxygens (including phenoxy) is 10. The number of amides is 11. The number of nitrogens with zero attached hydrogens (tertiary/aromatic N) is 3. The van der Waals surface area contributed by atoms with Gasteiger partial charge in [-0.05, 0) is 86.4 Å². The highest BCUT2D eigenvalue weighted by molar-refractivity contribution is 6.13. The van der Waals surface area contributed by atoms with Crippen molar-refractivity contribution in [3.8, 4) is 11.5 Å². The first-order valence-corrected chi connectivity index (χ1v) is 39.0. The van der Waals surface area contributed by atoms with Gasteiger partial charge in [0.05, 0.1) is 65.5 Å². The first-order chi connectivity index (χ1) is 55.5. The number of allylic oxidation sites excluding steroid dienone is 1. The Morgan fingerprint density at radius 3 is 1.72 bits per heavy atom. The minimum Gasteiger partial charge on any atom is -0.457 e. The summed E-state index contributed by atoms with van der Waals surface area (Å²) in [5.74, 6) is -5.56. The second kappa shape index (κ2) is 55.4. The van der Waals surface area contributed by atoms with E-state index in [0.29, 0.717) is 35.8 Å². The molecule has 0 spiro atoms. The molecule has 35 nitrogen and oxygen atoms in total. The normalized spacial score (nSPS) is 13.0. The number of hydrogen-bond acceptors (Lipinski definition) is 25. The van der Waals surface area contributed by atoms with E-state index in [0.717, 1.165) is 22.6 Å². The number of fused-ring (bicyclic) bond motifs is 1. The summed E-state index contributed by atoms with van der Waals surface area (Å²) >= 11 is 0. The molecular formula is C81H118N10O25. The largest absolute Gasteiger partial charge is 0.457 e. The summed E-state index contributed by atoms with van der Waals surface area (Å²) in [6.07, 6.45) is 4.36. The van der Waals surface area contributed by atoms with E-state index in [9.17, 15) is 71.9 Å². The molecule has 35 heteroatoms. The van der Waals surface area contributed by atoms with Crippen LogP contribution >= 0.6 is 0 Å². The van der Waals surface area contributed by atoms with Gasteiger partial charge in [-0.1, -0.05) is 39.0 Å². The number of rotatable bonds is 63. The summed E-state index contributed by atoms with van der Waals surface area (Å²) in [6, 6.07) is 7.51. The van der Waals surface area contributed by atoms with E-state index in [1.54, 1.807) is 62.4 Å². The summed E-state index contributed by atoms with van der Waals surface area (Å²) in [4.78, 5) is 200. The van der Waals surface area contributed by atoms with Gasteiger partial charge in [-0.3, -0.25) is 67.2 Å². The zero-order valence-electron chi connectivity index (χ0n) is 67.9. The minimum atomic E-state index is -1.31. The van der Waals surface area contributed by atoms with Gasteiger partial charge in [0.1, 0.15) is 53.3 Å². The van der Waals surface area contributed by atoms with Gasteiger partial charge >= 0.3 is 12.2 Å². The molecule has 0 radical (unpaired) electrons. The third-order valence-electron chi connectivity index (χ3n) is 18.2. The SMILES string of the molecule is C=C1C=Cc2ccc(OC(=O)N(C)CCN(C)C(=O)OCc3ccc(NC(=O)[C@H](CCCCC(N)=O)NC(=O)[C@@H](NC(=O)CC[C@H](NC(=O)CCOCCCC(=O)CCN4C(=O)C=CC4=O)C(=O)CCCC(=O)CC(COCCC(=O)CCCOC)(COCCC(=O)NCCOC)COCCC(=O)NCCOC)C(C)C)cc3)cc2O1. The molecule has 0 aromatic heterocycles. The molecule has 0 saturated carbocycles. The number of benzene rings is 2. The Balaban J connectivity index is 1.45. The van der Waals surface area contributed by atoms with Crippen LogP contribution in [0.5, 0.6) is 11.5 Å². The molecule has 2 aromatic carbocycles. The summed E-state index contributed by atoms with van der Waals surface area (Å²) in [6.45, 7) is 7.83. The molecule has 3 atom stereocenters. The van der Waals surface area contributed by atoms with E-state index in [4.69, 9.17) is 53.1 Å². The topological polar surface area (TPSA) is 456 Å². The number of methoxy groups -OCH3 is 3. The molecule has 0 aliphatic carbocycles. The van der Waals surface area contributed by atoms with Gasteiger partial charge in [-0.25, -0.2) is 9.59 Å². The van der Waals surface area contributed by atoms with Crippen molar-refractivity contribution in [1.82, 2.24) is 41.3 Å². The van der Waals surface area contributed by atoms with E-state index < -0.39 is 95.2 Å². The van der Waals surface area contributed by atoms with Gasteiger partial charge in [0.15, 0.2) is 5.78 Å². The van der Waals surface area contributed by atoms with Crippen LogP contribution in [0.4, 0.5) is 15.3 Å². The summed E-state index contributed by atoms with van der Waals surface area (Å²) < 4.78 is 55.6. The monoisotopic (exact) mass is 1630 g/mol. The van der Waals surface area contributed by atoms with Gasteiger partial charge < -0.3 is 94.8 Å². The Morgan fingerprint density at radius 1 is 0.534 bits per heavy atom. The highest BCUT2D eigenvalue weighted by atomic mass is 16.6. The summed E-state index contributed by atoms with van der Waals surface area (Å²) in [5.41, 5.74) is 5.82. The molecule has 0 bridgehead atoms. The highest BCUT2D eigenvalue weighted by Gasteiger charge is 2.36. The molecular weight excluding hydrogens is 1510 g/mol. The number of carbonyl (C=O) groups excluding carboxylic acids is 15. The van der Waals surface area contributed by atoms with Crippen LogP contribution in [0.1, 0.15) is 147 Å². The quantitative estimate of drug-likeness (QED) is 0.0349. The number of imide groups is 1. The number of anilines is 1. The minimum absolute atomic E-state index is 0.00485. The van der Waals surface area contributed by atoms with Crippen molar-refractivity contribution in [1.29, 1.82) is 0 Å². The number of unbranched alkanes of at least 4 members (excludes halogenated alkanes) is 1. The van der Waals surface area contributed by atoms with Gasteiger partial charge in [0, 0.05) is 193 Å². The van der Waals surface area contributed by atoms with Crippen LogP contribution in [-0.4, -0.2) is 262 Å². The van der Waals surface area contributed by atoms with Crippen molar-refractivity contribution >= 4 is 100 Å². The Kier molecular flexibility index (Phi) is 46.9. The molecule has 2 aliphatic rings. The second-order valence-corrected chi connectivity index (χ2v) is 28.5. The van der Waals surface area contributed by atoms with Crippen LogP contribution in [-0.2, 0) is 107 Å². The number of Topliss-reactive ketones (excluding diaryl/α,β-unsaturated/α-hetero) is 4. The molecule has 642 valence electrons.